The summed E-state index contributed by atoms with van der Waals surface area (Å²) in [7, 11) is 0. The number of esters is 1. The monoisotopic (exact) mass is 458 g/mol. The van der Waals surface area contributed by atoms with E-state index in [4.69, 9.17) is 15.2 Å². The number of amides is 2. The molecule has 0 spiro atoms. The lowest BCUT2D eigenvalue weighted by atomic mass is 9.84. The molecule has 1 saturated heterocycles. The van der Waals surface area contributed by atoms with E-state index in [1.54, 1.807) is 0 Å². The molecule has 0 unspecified atom stereocenters. The first-order valence-electron chi connectivity index (χ1n) is 11.0. The summed E-state index contributed by atoms with van der Waals surface area (Å²) in [6.45, 7) is 1.50. The van der Waals surface area contributed by atoms with E-state index in [0.29, 0.717) is 5.56 Å². The second kappa shape index (κ2) is 9.79. The maximum Gasteiger partial charge on any atom is 0.411 e. The van der Waals surface area contributed by atoms with Gasteiger partial charge in [-0.25, -0.2) is 9.59 Å². The lowest BCUT2D eigenvalue weighted by Gasteiger charge is -2.49. The summed E-state index contributed by atoms with van der Waals surface area (Å²) in [5, 5.41) is 0. The summed E-state index contributed by atoms with van der Waals surface area (Å²) in [6, 6.07) is 26.9. The third-order valence-electron chi connectivity index (χ3n) is 5.96. The molecule has 0 aliphatic carbocycles. The Morgan fingerprint density at radius 1 is 0.912 bits per heavy atom. The normalized spacial score (nSPS) is 22.0. The zero-order chi connectivity index (χ0) is 24.1. The highest BCUT2D eigenvalue weighted by atomic mass is 16.6. The Labute approximate surface area is 198 Å². The molecule has 1 aliphatic rings. The minimum Gasteiger partial charge on any atom is -0.453 e. The number of morpholine rings is 1. The van der Waals surface area contributed by atoms with Crippen LogP contribution in [-0.4, -0.2) is 28.4 Å². The lowest BCUT2D eigenvalue weighted by Crippen LogP contribution is -2.63. The molecule has 0 saturated carbocycles. The van der Waals surface area contributed by atoms with Crippen molar-refractivity contribution in [2.75, 3.05) is 0 Å². The lowest BCUT2D eigenvalue weighted by molar-refractivity contribution is -0.186. The van der Waals surface area contributed by atoms with E-state index in [2.05, 4.69) is 0 Å². The zero-order valence-corrected chi connectivity index (χ0v) is 18.8. The minimum absolute atomic E-state index is 0.00931. The maximum atomic E-state index is 13.6. The molecule has 174 valence electrons. The number of carbonyl (C=O) groups excluding carboxylic acids is 3. The summed E-state index contributed by atoms with van der Waals surface area (Å²) < 4.78 is 11.6. The third kappa shape index (κ3) is 4.64. The Balaban J connectivity index is 1.80. The predicted molar refractivity (Wildman–Crippen MR) is 125 cm³/mol. The highest BCUT2D eigenvalue weighted by molar-refractivity contribution is 5.92. The number of carbonyl (C=O) groups is 3. The molecule has 1 aliphatic heterocycles. The quantitative estimate of drug-likeness (QED) is 0.556. The zero-order valence-electron chi connectivity index (χ0n) is 18.8. The summed E-state index contributed by atoms with van der Waals surface area (Å²) in [6.07, 6.45) is -1.95. The van der Waals surface area contributed by atoms with Crippen LogP contribution >= 0.6 is 0 Å². The molecule has 7 nitrogen and oxygen atoms in total. The van der Waals surface area contributed by atoms with Crippen molar-refractivity contribution >= 4 is 18.0 Å². The van der Waals surface area contributed by atoms with Crippen LogP contribution in [0.3, 0.4) is 0 Å². The molecule has 34 heavy (non-hydrogen) atoms. The van der Waals surface area contributed by atoms with E-state index in [9.17, 15) is 14.4 Å². The average molecular weight is 459 g/mol. The van der Waals surface area contributed by atoms with Crippen molar-refractivity contribution in [3.05, 3.63) is 108 Å². The molecule has 4 rings (SSSR count). The topological polar surface area (TPSA) is 98.9 Å². The Morgan fingerprint density at radius 3 is 2.00 bits per heavy atom. The van der Waals surface area contributed by atoms with Gasteiger partial charge in [-0.2, -0.15) is 0 Å². The van der Waals surface area contributed by atoms with E-state index in [0.717, 1.165) is 11.1 Å². The standard InChI is InChI=1S/C27H26N2O5/c1-27(17-22(28)30)25(31)34-24(21-15-9-4-10-16-21)23(20-13-7-3-8-14-20)29(27)26(32)33-18-19-11-5-2-6-12-19/h2-16,23-24H,17-18H2,1H3,(H2,28,30)/t23-,24+,27-/m0/s1. The van der Waals surface area contributed by atoms with Gasteiger partial charge in [-0.15, -0.1) is 0 Å². The van der Waals surface area contributed by atoms with Crippen LogP contribution < -0.4 is 5.73 Å². The fraction of sp³-hybridized carbons (Fsp3) is 0.222. The van der Waals surface area contributed by atoms with E-state index < -0.39 is 42.1 Å². The van der Waals surface area contributed by atoms with Gasteiger partial charge in [0, 0.05) is 0 Å². The van der Waals surface area contributed by atoms with Crippen LogP contribution in [0.2, 0.25) is 0 Å². The van der Waals surface area contributed by atoms with Gasteiger partial charge in [-0.3, -0.25) is 9.69 Å². The highest BCUT2D eigenvalue weighted by Crippen LogP contribution is 2.47. The molecule has 2 N–H and O–H groups in total. The van der Waals surface area contributed by atoms with Crippen LogP contribution in [0.1, 0.15) is 42.2 Å². The van der Waals surface area contributed by atoms with Gasteiger partial charge < -0.3 is 15.2 Å². The molecule has 7 heteroatoms. The molecular formula is C27H26N2O5. The van der Waals surface area contributed by atoms with E-state index in [1.807, 2.05) is 91.0 Å². The molecule has 3 atom stereocenters. The van der Waals surface area contributed by atoms with E-state index in [1.165, 1.54) is 11.8 Å². The molecule has 3 aromatic rings. The molecule has 0 aromatic heterocycles. The van der Waals surface area contributed by atoms with Gasteiger partial charge in [0.05, 0.1) is 6.42 Å². The van der Waals surface area contributed by atoms with Crippen molar-refractivity contribution in [3.8, 4) is 0 Å². The second-order valence-corrected chi connectivity index (χ2v) is 8.42. The summed E-state index contributed by atoms with van der Waals surface area (Å²) in [5.74, 6) is -1.45. The van der Waals surface area contributed by atoms with Crippen LogP contribution in [0, 0.1) is 0 Å². The largest absolute Gasteiger partial charge is 0.453 e. The van der Waals surface area contributed by atoms with Crippen molar-refractivity contribution in [1.82, 2.24) is 4.90 Å². The smallest absolute Gasteiger partial charge is 0.411 e. The van der Waals surface area contributed by atoms with Crippen molar-refractivity contribution in [2.45, 2.75) is 37.6 Å². The maximum absolute atomic E-state index is 13.6. The van der Waals surface area contributed by atoms with Crippen molar-refractivity contribution in [1.29, 1.82) is 0 Å². The van der Waals surface area contributed by atoms with Crippen LogP contribution in [0.15, 0.2) is 91.0 Å². The van der Waals surface area contributed by atoms with Crippen molar-refractivity contribution < 1.29 is 23.9 Å². The average Bonchev–Trinajstić information content (AvgIpc) is 2.85. The Bertz CT molecular complexity index is 1150. The first-order chi connectivity index (χ1) is 16.4. The molecule has 0 bridgehead atoms. The van der Waals surface area contributed by atoms with Gasteiger partial charge in [0.15, 0.2) is 11.6 Å². The van der Waals surface area contributed by atoms with Gasteiger partial charge in [0.25, 0.3) is 0 Å². The van der Waals surface area contributed by atoms with Crippen molar-refractivity contribution in [3.63, 3.8) is 0 Å². The summed E-state index contributed by atoms with van der Waals surface area (Å²) in [4.78, 5) is 40.3. The highest BCUT2D eigenvalue weighted by Gasteiger charge is 2.56. The second-order valence-electron chi connectivity index (χ2n) is 8.42. The number of benzene rings is 3. The molecule has 1 heterocycles. The SMILES string of the molecule is C[C@]1(CC(N)=O)C(=O)O[C@H](c2ccccc2)[C@H](c2ccccc2)N1C(=O)OCc1ccccc1. The number of nitrogens with zero attached hydrogens (tertiary/aromatic N) is 1. The molecular weight excluding hydrogens is 432 g/mol. The summed E-state index contributed by atoms with van der Waals surface area (Å²) >= 11 is 0. The molecule has 0 radical (unpaired) electrons. The van der Waals surface area contributed by atoms with Crippen LogP contribution in [0.4, 0.5) is 4.79 Å². The number of ether oxygens (including phenoxy) is 2. The Hall–Kier alpha value is -4.13. The number of cyclic esters (lactones) is 1. The number of primary amides is 1. The first kappa shape index (κ1) is 23.0. The third-order valence-corrected chi connectivity index (χ3v) is 5.96. The van der Waals surface area contributed by atoms with Crippen LogP contribution in [0.5, 0.6) is 0 Å². The van der Waals surface area contributed by atoms with Gasteiger partial charge in [-0.05, 0) is 23.6 Å². The van der Waals surface area contributed by atoms with Crippen LogP contribution in [-0.2, 0) is 25.7 Å². The Kier molecular flexibility index (Phi) is 6.63. The molecule has 3 aromatic carbocycles. The molecule has 2 amide bonds. The number of nitrogens with two attached hydrogens (primary N) is 1. The van der Waals surface area contributed by atoms with E-state index in [-0.39, 0.29) is 6.61 Å². The fourth-order valence-corrected chi connectivity index (χ4v) is 4.32. The van der Waals surface area contributed by atoms with Gasteiger partial charge in [-0.1, -0.05) is 91.0 Å². The van der Waals surface area contributed by atoms with E-state index >= 15 is 0 Å². The van der Waals surface area contributed by atoms with Crippen LogP contribution in [0.25, 0.3) is 0 Å². The van der Waals surface area contributed by atoms with Gasteiger partial charge >= 0.3 is 12.1 Å². The predicted octanol–water partition coefficient (Wildman–Crippen LogP) is 4.30. The van der Waals surface area contributed by atoms with Gasteiger partial charge in [0.1, 0.15) is 12.6 Å². The number of hydrogen-bond donors (Lipinski definition) is 1. The van der Waals surface area contributed by atoms with Crippen molar-refractivity contribution in [2.24, 2.45) is 5.73 Å². The Morgan fingerprint density at radius 2 is 1.44 bits per heavy atom. The summed E-state index contributed by atoms with van der Waals surface area (Å²) in [5.41, 5.74) is 6.10. The molecule has 1 fully saturated rings. The number of rotatable bonds is 6. The number of hydrogen-bond acceptors (Lipinski definition) is 5. The first-order valence-corrected chi connectivity index (χ1v) is 11.0. The fourth-order valence-electron chi connectivity index (χ4n) is 4.32. The van der Waals surface area contributed by atoms with Gasteiger partial charge in [0.2, 0.25) is 5.91 Å². The minimum atomic E-state index is -1.65.